The summed E-state index contributed by atoms with van der Waals surface area (Å²) in [6, 6.07) is 14.0. The lowest BCUT2D eigenvalue weighted by Crippen LogP contribution is -2.34. The Bertz CT molecular complexity index is 1110. The van der Waals surface area contributed by atoms with Gasteiger partial charge in [-0.05, 0) is 29.8 Å². The van der Waals surface area contributed by atoms with E-state index in [2.05, 4.69) is 9.71 Å². The third kappa shape index (κ3) is 5.63. The van der Waals surface area contributed by atoms with Crippen molar-refractivity contribution in [1.29, 1.82) is 0 Å². The number of benzene rings is 2. The van der Waals surface area contributed by atoms with E-state index in [0.717, 1.165) is 10.9 Å². The normalized spacial score (nSPS) is 11.8. The maximum Gasteiger partial charge on any atom is 0.241 e. The first kappa shape index (κ1) is 21.0. The van der Waals surface area contributed by atoms with Crippen LogP contribution in [0.5, 0.6) is 0 Å². The average Bonchev–Trinajstić information content (AvgIpc) is 2.73. The van der Waals surface area contributed by atoms with Gasteiger partial charge in [0.1, 0.15) is 0 Å². The molecule has 1 N–H and O–H groups in total. The summed E-state index contributed by atoms with van der Waals surface area (Å²) in [5.74, 6) is 0. The first-order chi connectivity index (χ1) is 14.0. The molecule has 1 heterocycles. The summed E-state index contributed by atoms with van der Waals surface area (Å²) in [7, 11) is -3.71. The minimum atomic E-state index is -3.71. The number of fused-ring (bicyclic) bond motifs is 1. The van der Waals surface area contributed by atoms with Crippen LogP contribution in [0.25, 0.3) is 16.8 Å². The van der Waals surface area contributed by atoms with Gasteiger partial charge in [-0.2, -0.15) is 0 Å². The number of hydrogen-bond donors (Lipinski definition) is 1. The van der Waals surface area contributed by atoms with Crippen LogP contribution in [-0.4, -0.2) is 44.3 Å². The van der Waals surface area contributed by atoms with Gasteiger partial charge in [0.25, 0.3) is 0 Å². The molecule has 0 spiro atoms. The van der Waals surface area contributed by atoms with E-state index in [4.69, 9.17) is 11.6 Å². The van der Waals surface area contributed by atoms with Crippen LogP contribution in [0.2, 0.25) is 5.02 Å². The second-order valence-corrected chi connectivity index (χ2v) is 8.48. The SMILES string of the molecule is O=CN(C/C=C/c1ccc(Cl)cc1)CCNS(=O)(=O)c1cccc2cnccc12. The van der Waals surface area contributed by atoms with Crippen LogP contribution in [-0.2, 0) is 14.8 Å². The van der Waals surface area contributed by atoms with Crippen molar-refractivity contribution in [2.24, 2.45) is 0 Å². The number of hydrogen-bond acceptors (Lipinski definition) is 4. The lowest BCUT2D eigenvalue weighted by Gasteiger charge is -2.16. The van der Waals surface area contributed by atoms with Gasteiger partial charge in [-0.3, -0.25) is 9.78 Å². The molecule has 0 aliphatic rings. The predicted octanol–water partition coefficient (Wildman–Crippen LogP) is 3.34. The number of carbonyl (C=O) groups is 1. The van der Waals surface area contributed by atoms with Crippen molar-refractivity contribution in [2.45, 2.75) is 4.90 Å². The van der Waals surface area contributed by atoms with E-state index in [1.165, 1.54) is 4.90 Å². The first-order valence-electron chi connectivity index (χ1n) is 8.93. The summed E-state index contributed by atoms with van der Waals surface area (Å²) in [5.41, 5.74) is 0.964. The Morgan fingerprint density at radius 3 is 2.66 bits per heavy atom. The summed E-state index contributed by atoms with van der Waals surface area (Å²) < 4.78 is 27.9. The van der Waals surface area contributed by atoms with Gasteiger partial charge in [0.2, 0.25) is 16.4 Å². The topological polar surface area (TPSA) is 79.4 Å². The Hall–Kier alpha value is -2.74. The molecule has 8 heteroatoms. The molecular formula is C21H20ClN3O3S. The smallest absolute Gasteiger partial charge is 0.241 e. The molecule has 0 saturated heterocycles. The van der Waals surface area contributed by atoms with Gasteiger partial charge in [-0.1, -0.05) is 48.0 Å². The number of nitrogens with one attached hydrogen (secondary N) is 1. The van der Waals surface area contributed by atoms with Crippen LogP contribution in [0.3, 0.4) is 0 Å². The number of amides is 1. The molecule has 3 aromatic rings. The molecule has 0 atom stereocenters. The van der Waals surface area contributed by atoms with E-state index in [9.17, 15) is 13.2 Å². The van der Waals surface area contributed by atoms with Crippen molar-refractivity contribution in [2.75, 3.05) is 19.6 Å². The molecule has 150 valence electrons. The summed E-state index contributed by atoms with van der Waals surface area (Å²) in [4.78, 5) is 17.0. The third-order valence-electron chi connectivity index (χ3n) is 4.29. The van der Waals surface area contributed by atoms with E-state index in [-0.39, 0.29) is 18.0 Å². The maximum atomic E-state index is 12.7. The lowest BCUT2D eigenvalue weighted by atomic mass is 10.2. The van der Waals surface area contributed by atoms with E-state index in [1.54, 1.807) is 42.7 Å². The van der Waals surface area contributed by atoms with Crippen LogP contribution in [0, 0.1) is 0 Å². The standard InChI is InChI=1S/C21H20ClN3O3S/c22-19-8-6-17(7-9-19)3-2-13-25(16-26)14-12-24-29(27,28)21-5-1-4-18-15-23-11-10-20(18)21/h1-11,15-16,24H,12-14H2/b3-2+. The number of aromatic nitrogens is 1. The van der Waals surface area contributed by atoms with Crippen LogP contribution < -0.4 is 4.72 Å². The lowest BCUT2D eigenvalue weighted by molar-refractivity contribution is -0.117. The summed E-state index contributed by atoms with van der Waals surface area (Å²) in [5, 5.41) is 2.01. The fourth-order valence-electron chi connectivity index (χ4n) is 2.81. The van der Waals surface area contributed by atoms with E-state index >= 15 is 0 Å². The first-order valence-corrected chi connectivity index (χ1v) is 10.8. The molecule has 0 aliphatic carbocycles. The van der Waals surface area contributed by atoms with Crippen molar-refractivity contribution >= 4 is 44.9 Å². The number of pyridine rings is 1. The molecule has 0 unspecified atom stereocenters. The fraction of sp³-hybridized carbons (Fsp3) is 0.143. The molecule has 0 radical (unpaired) electrons. The number of nitrogens with zero attached hydrogens (tertiary/aromatic N) is 2. The van der Waals surface area contributed by atoms with Crippen molar-refractivity contribution < 1.29 is 13.2 Å². The highest BCUT2D eigenvalue weighted by Gasteiger charge is 2.17. The van der Waals surface area contributed by atoms with Gasteiger partial charge in [0.05, 0.1) is 4.90 Å². The number of carbonyl (C=O) groups excluding carboxylic acids is 1. The van der Waals surface area contributed by atoms with Gasteiger partial charge < -0.3 is 4.90 Å². The summed E-state index contributed by atoms with van der Waals surface area (Å²) in [6.45, 7) is 0.727. The molecule has 0 aliphatic heterocycles. The summed E-state index contributed by atoms with van der Waals surface area (Å²) in [6.07, 6.45) is 7.59. The Kier molecular flexibility index (Phi) is 6.98. The highest BCUT2D eigenvalue weighted by Crippen LogP contribution is 2.21. The van der Waals surface area contributed by atoms with Gasteiger partial charge in [0.15, 0.2) is 0 Å². The number of rotatable bonds is 9. The number of halogens is 1. The fourth-order valence-corrected chi connectivity index (χ4v) is 4.19. The zero-order chi connectivity index (χ0) is 20.7. The van der Waals surface area contributed by atoms with Crippen molar-refractivity contribution in [1.82, 2.24) is 14.6 Å². The highest BCUT2D eigenvalue weighted by molar-refractivity contribution is 7.89. The molecule has 1 amide bonds. The quantitative estimate of drug-likeness (QED) is 0.529. The molecule has 2 aromatic carbocycles. The van der Waals surface area contributed by atoms with Crippen LogP contribution >= 0.6 is 11.6 Å². The third-order valence-corrected chi connectivity index (χ3v) is 6.06. The van der Waals surface area contributed by atoms with Crippen molar-refractivity contribution in [3.05, 3.63) is 77.6 Å². The Morgan fingerprint density at radius 2 is 1.90 bits per heavy atom. The number of sulfonamides is 1. The molecule has 0 bridgehead atoms. The highest BCUT2D eigenvalue weighted by atomic mass is 35.5. The second-order valence-electron chi connectivity index (χ2n) is 6.30. The van der Waals surface area contributed by atoms with Crippen LogP contribution in [0.1, 0.15) is 5.56 Å². The minimum Gasteiger partial charge on any atom is -0.340 e. The largest absolute Gasteiger partial charge is 0.340 e. The Balaban J connectivity index is 1.58. The Labute approximate surface area is 174 Å². The molecule has 0 saturated carbocycles. The van der Waals surface area contributed by atoms with E-state index in [0.29, 0.717) is 23.4 Å². The van der Waals surface area contributed by atoms with Gasteiger partial charge in [-0.25, -0.2) is 13.1 Å². The summed E-state index contributed by atoms with van der Waals surface area (Å²) >= 11 is 5.85. The van der Waals surface area contributed by atoms with Crippen LogP contribution in [0.15, 0.2) is 71.9 Å². The van der Waals surface area contributed by atoms with E-state index in [1.807, 2.05) is 30.4 Å². The molecule has 1 aromatic heterocycles. The van der Waals surface area contributed by atoms with Crippen molar-refractivity contribution in [3.63, 3.8) is 0 Å². The van der Waals surface area contributed by atoms with Gasteiger partial charge >= 0.3 is 0 Å². The van der Waals surface area contributed by atoms with Crippen molar-refractivity contribution in [3.8, 4) is 0 Å². The van der Waals surface area contributed by atoms with Gasteiger partial charge in [0, 0.05) is 47.8 Å². The minimum absolute atomic E-state index is 0.108. The van der Waals surface area contributed by atoms with E-state index < -0.39 is 10.0 Å². The predicted molar refractivity (Wildman–Crippen MR) is 115 cm³/mol. The zero-order valence-electron chi connectivity index (χ0n) is 15.5. The van der Waals surface area contributed by atoms with Crippen LogP contribution in [0.4, 0.5) is 0 Å². The molecule has 3 rings (SSSR count). The average molecular weight is 430 g/mol. The zero-order valence-corrected chi connectivity index (χ0v) is 17.1. The molecule has 29 heavy (non-hydrogen) atoms. The maximum absolute atomic E-state index is 12.7. The second kappa shape index (κ2) is 9.65. The molecule has 6 nitrogen and oxygen atoms in total. The molecular weight excluding hydrogens is 410 g/mol. The molecule has 0 fully saturated rings. The van der Waals surface area contributed by atoms with Gasteiger partial charge in [-0.15, -0.1) is 0 Å². The Morgan fingerprint density at radius 1 is 1.10 bits per heavy atom. The monoisotopic (exact) mass is 429 g/mol.